The highest BCUT2D eigenvalue weighted by molar-refractivity contribution is 5.92. The number of alkyl halides is 4. The van der Waals surface area contributed by atoms with Crippen molar-refractivity contribution in [2.45, 2.75) is 50.4 Å². The van der Waals surface area contributed by atoms with Gasteiger partial charge in [-0.25, -0.2) is 14.4 Å². The molecule has 5 rings (SSSR count). The Morgan fingerprint density at radius 3 is 2.56 bits per heavy atom. The number of piperidine rings is 1. The minimum atomic E-state index is -4.52. The van der Waals surface area contributed by atoms with E-state index in [2.05, 4.69) is 25.4 Å². The molecule has 2 saturated heterocycles. The van der Waals surface area contributed by atoms with Gasteiger partial charge in [0.05, 0.1) is 29.7 Å². The molecule has 10 nitrogen and oxygen atoms in total. The Bertz CT molecular complexity index is 1240. The molecule has 194 valence electrons. The number of nitrogens with zero attached hydrogens (tertiary/aromatic N) is 7. The summed E-state index contributed by atoms with van der Waals surface area (Å²) < 4.78 is 55.7. The van der Waals surface area contributed by atoms with Crippen molar-refractivity contribution in [3.63, 3.8) is 0 Å². The molecular weight excluding hydrogens is 484 g/mol. The van der Waals surface area contributed by atoms with Crippen LogP contribution in [0.5, 0.6) is 0 Å². The molecule has 0 aliphatic carbocycles. The smallest absolute Gasteiger partial charge is 0.391 e. The van der Waals surface area contributed by atoms with Crippen molar-refractivity contribution in [1.29, 1.82) is 0 Å². The number of nitrogens with one attached hydrogen (secondary N) is 1. The number of aliphatic hydroxyl groups is 2. The van der Waals surface area contributed by atoms with Crippen LogP contribution in [-0.4, -0.2) is 85.7 Å². The SMILES string of the molecule is C[C@H](n1nc(N2CC[C@@H](O)C2)c2cnc(Nc3ccnc(N4CC[C@@H](O)[C@@H](F)C4)n3)cc21)C(F)(F)F. The van der Waals surface area contributed by atoms with Crippen molar-refractivity contribution < 1.29 is 27.8 Å². The summed E-state index contributed by atoms with van der Waals surface area (Å²) in [5.74, 6) is 1.18. The fraction of sp³-hybridized carbons (Fsp3) is 0.545. The van der Waals surface area contributed by atoms with E-state index >= 15 is 0 Å². The Labute approximate surface area is 203 Å². The van der Waals surface area contributed by atoms with Crippen LogP contribution >= 0.6 is 0 Å². The molecule has 3 N–H and O–H groups in total. The van der Waals surface area contributed by atoms with Gasteiger partial charge in [-0.2, -0.15) is 23.3 Å². The molecule has 0 spiro atoms. The molecule has 0 bridgehead atoms. The second-order valence-electron chi connectivity index (χ2n) is 9.15. The van der Waals surface area contributed by atoms with E-state index < -0.39 is 30.6 Å². The zero-order valence-electron chi connectivity index (χ0n) is 19.4. The highest BCUT2D eigenvalue weighted by atomic mass is 19.4. The van der Waals surface area contributed by atoms with Crippen LogP contribution in [0.15, 0.2) is 24.5 Å². The lowest BCUT2D eigenvalue weighted by Gasteiger charge is -2.32. The highest BCUT2D eigenvalue weighted by Crippen LogP contribution is 2.37. The number of fused-ring (bicyclic) bond motifs is 1. The lowest BCUT2D eigenvalue weighted by atomic mass is 10.1. The first kappa shape index (κ1) is 24.4. The van der Waals surface area contributed by atoms with Gasteiger partial charge in [0.25, 0.3) is 0 Å². The van der Waals surface area contributed by atoms with Gasteiger partial charge >= 0.3 is 6.18 Å². The summed E-state index contributed by atoms with van der Waals surface area (Å²) in [7, 11) is 0. The van der Waals surface area contributed by atoms with Crippen LogP contribution in [0.4, 0.5) is 41.0 Å². The Morgan fingerprint density at radius 2 is 1.86 bits per heavy atom. The number of anilines is 4. The van der Waals surface area contributed by atoms with Crippen molar-refractivity contribution in [1.82, 2.24) is 24.7 Å². The van der Waals surface area contributed by atoms with E-state index in [0.29, 0.717) is 36.5 Å². The van der Waals surface area contributed by atoms with Crippen LogP contribution in [0.2, 0.25) is 0 Å². The van der Waals surface area contributed by atoms with Gasteiger partial charge in [-0.1, -0.05) is 0 Å². The van der Waals surface area contributed by atoms with Gasteiger partial charge in [-0.05, 0) is 25.8 Å². The molecule has 3 aromatic rings. The van der Waals surface area contributed by atoms with Crippen LogP contribution in [0, 0.1) is 0 Å². The molecule has 0 radical (unpaired) electrons. The number of aromatic nitrogens is 5. The summed E-state index contributed by atoms with van der Waals surface area (Å²) in [4.78, 5) is 16.3. The number of β-amino-alcohol motifs (C(OH)–C–C–N with tert-alkyl or cyclic N) is 1. The fourth-order valence-corrected chi connectivity index (χ4v) is 4.46. The average Bonchev–Trinajstić information content (AvgIpc) is 3.43. The van der Waals surface area contributed by atoms with Crippen LogP contribution in [-0.2, 0) is 0 Å². The summed E-state index contributed by atoms with van der Waals surface area (Å²) in [6, 6.07) is 1.15. The second kappa shape index (κ2) is 9.32. The van der Waals surface area contributed by atoms with Crippen molar-refractivity contribution >= 4 is 34.3 Å². The summed E-state index contributed by atoms with van der Waals surface area (Å²) in [5, 5.41) is 27.2. The number of pyridine rings is 1. The minimum Gasteiger partial charge on any atom is -0.391 e. The normalized spacial score (nSPS) is 23.9. The van der Waals surface area contributed by atoms with Crippen molar-refractivity contribution in [2.75, 3.05) is 41.3 Å². The third-order valence-corrected chi connectivity index (χ3v) is 6.56. The van der Waals surface area contributed by atoms with E-state index in [-0.39, 0.29) is 36.8 Å². The van der Waals surface area contributed by atoms with E-state index in [4.69, 9.17) is 0 Å². The molecule has 0 aromatic carbocycles. The number of aliphatic hydroxyl groups excluding tert-OH is 2. The Balaban J connectivity index is 1.46. The monoisotopic (exact) mass is 510 g/mol. The van der Waals surface area contributed by atoms with Gasteiger partial charge in [0.15, 0.2) is 5.82 Å². The Kier molecular flexibility index (Phi) is 6.32. The average molecular weight is 510 g/mol. The topological polar surface area (TPSA) is 115 Å². The van der Waals surface area contributed by atoms with Crippen molar-refractivity contribution in [3.8, 4) is 0 Å². The zero-order chi connectivity index (χ0) is 25.6. The van der Waals surface area contributed by atoms with Gasteiger partial charge in [0, 0.05) is 38.1 Å². The summed E-state index contributed by atoms with van der Waals surface area (Å²) in [6.45, 7) is 2.14. The first-order valence-corrected chi connectivity index (χ1v) is 11.7. The number of rotatable bonds is 5. The molecule has 36 heavy (non-hydrogen) atoms. The molecule has 2 aliphatic heterocycles. The first-order valence-electron chi connectivity index (χ1n) is 11.7. The fourth-order valence-electron chi connectivity index (χ4n) is 4.46. The van der Waals surface area contributed by atoms with Gasteiger partial charge in [0.2, 0.25) is 5.95 Å². The lowest BCUT2D eigenvalue weighted by molar-refractivity contribution is -0.164. The summed E-state index contributed by atoms with van der Waals surface area (Å²) in [6.07, 6.45) is -3.83. The molecule has 0 amide bonds. The molecule has 0 unspecified atom stereocenters. The molecule has 14 heteroatoms. The van der Waals surface area contributed by atoms with Gasteiger partial charge in [-0.15, -0.1) is 0 Å². The van der Waals surface area contributed by atoms with Gasteiger partial charge in [0.1, 0.15) is 23.8 Å². The zero-order valence-corrected chi connectivity index (χ0v) is 19.4. The maximum atomic E-state index is 14.0. The predicted molar refractivity (Wildman–Crippen MR) is 124 cm³/mol. The van der Waals surface area contributed by atoms with E-state index in [1.54, 1.807) is 15.9 Å². The first-order chi connectivity index (χ1) is 17.1. The molecule has 0 saturated carbocycles. The van der Waals surface area contributed by atoms with Crippen LogP contribution in [0.3, 0.4) is 0 Å². The second-order valence-corrected chi connectivity index (χ2v) is 9.15. The molecule has 4 atom stereocenters. The summed E-state index contributed by atoms with van der Waals surface area (Å²) >= 11 is 0. The maximum Gasteiger partial charge on any atom is 0.410 e. The molecule has 3 aromatic heterocycles. The van der Waals surface area contributed by atoms with Crippen LogP contribution in [0.25, 0.3) is 10.9 Å². The standard InChI is InChI=1S/C22H26F4N8O2/c1-12(22(24,25)26)34-16-8-19(28-9-14(16)20(31-34)32-6-3-13(35)10-32)29-18-2-5-27-21(30-18)33-7-4-17(36)15(23)11-33/h2,5,8-9,12-13,15,17,35-36H,3-4,6-7,10-11H2,1H3,(H,27,28,29,30)/t12-,13+,15-,17+/m0/s1. The Morgan fingerprint density at radius 1 is 1.08 bits per heavy atom. The third kappa shape index (κ3) is 4.74. The van der Waals surface area contributed by atoms with E-state index in [1.165, 1.54) is 18.5 Å². The lowest BCUT2D eigenvalue weighted by Crippen LogP contribution is -2.45. The number of hydrogen-bond acceptors (Lipinski definition) is 9. The van der Waals surface area contributed by atoms with Gasteiger partial charge in [-0.3, -0.25) is 4.68 Å². The minimum absolute atomic E-state index is 0.0443. The largest absolute Gasteiger partial charge is 0.410 e. The summed E-state index contributed by atoms with van der Waals surface area (Å²) in [5.41, 5.74) is 0.230. The van der Waals surface area contributed by atoms with Crippen molar-refractivity contribution in [2.24, 2.45) is 0 Å². The molecule has 5 heterocycles. The number of halogens is 4. The molecule has 2 fully saturated rings. The van der Waals surface area contributed by atoms with Gasteiger partial charge < -0.3 is 25.3 Å². The van der Waals surface area contributed by atoms with Crippen molar-refractivity contribution in [3.05, 3.63) is 24.5 Å². The van der Waals surface area contributed by atoms with E-state index in [0.717, 1.165) is 11.6 Å². The highest BCUT2D eigenvalue weighted by Gasteiger charge is 2.40. The number of hydrogen-bond donors (Lipinski definition) is 3. The maximum absolute atomic E-state index is 14.0. The van der Waals surface area contributed by atoms with Crippen LogP contribution < -0.4 is 15.1 Å². The van der Waals surface area contributed by atoms with E-state index in [9.17, 15) is 27.8 Å². The van der Waals surface area contributed by atoms with Crippen LogP contribution in [0.1, 0.15) is 25.8 Å². The molecule has 2 aliphatic rings. The quantitative estimate of drug-likeness (QED) is 0.446. The van der Waals surface area contributed by atoms with E-state index in [1.807, 2.05) is 0 Å². The Hall–Kier alpha value is -3.26. The predicted octanol–water partition coefficient (Wildman–Crippen LogP) is 2.57. The molecular formula is C22H26F4N8O2. The third-order valence-electron chi connectivity index (χ3n) is 6.56.